The number of carbonyl (C=O) groups excluding carboxylic acids is 1. The number of halogens is 1. The Bertz CT molecular complexity index is 737. The zero-order valence-electron chi connectivity index (χ0n) is 13.7. The van der Waals surface area contributed by atoms with Gasteiger partial charge in [0.15, 0.2) is 6.54 Å². The first kappa shape index (κ1) is 18.9. The van der Waals surface area contributed by atoms with Crippen molar-refractivity contribution in [2.45, 2.75) is 0 Å². The number of rotatable bonds is 8. The summed E-state index contributed by atoms with van der Waals surface area (Å²) in [6.07, 6.45) is 0. The highest BCUT2D eigenvalue weighted by atomic mass is 79.9. The molecule has 0 heterocycles. The van der Waals surface area contributed by atoms with E-state index in [1.807, 2.05) is 31.3 Å². The molecule has 8 heteroatoms. The van der Waals surface area contributed by atoms with Crippen LogP contribution in [-0.2, 0) is 4.79 Å². The molecule has 2 N–H and O–H groups in total. The number of quaternary nitrogens is 1. The van der Waals surface area contributed by atoms with Gasteiger partial charge in [0.25, 0.3) is 11.6 Å². The van der Waals surface area contributed by atoms with Crippen molar-refractivity contribution < 1.29 is 19.4 Å². The average Bonchev–Trinajstić information content (AvgIpc) is 2.56. The molecule has 0 bridgehead atoms. The Morgan fingerprint density at radius 3 is 2.68 bits per heavy atom. The van der Waals surface area contributed by atoms with Crippen LogP contribution < -0.4 is 15.0 Å². The van der Waals surface area contributed by atoms with E-state index >= 15 is 0 Å². The summed E-state index contributed by atoms with van der Waals surface area (Å²) in [5.74, 6) is 0.568. The number of non-ortho nitro benzene ring substituents is 1. The summed E-state index contributed by atoms with van der Waals surface area (Å²) in [6.45, 7) is 1.38. The Balaban J connectivity index is 1.75. The van der Waals surface area contributed by atoms with E-state index in [1.54, 1.807) is 6.07 Å². The number of nitro benzene ring substituents is 1. The molecular weight excluding hydrogens is 390 g/mol. The Hall–Kier alpha value is -2.45. The molecule has 132 valence electrons. The molecule has 1 amide bonds. The smallest absolute Gasteiger partial charge is 0.279 e. The molecular formula is C17H19BrN3O4+. The first-order valence-corrected chi connectivity index (χ1v) is 8.47. The summed E-state index contributed by atoms with van der Waals surface area (Å²) in [7, 11) is 1.89. The maximum Gasteiger partial charge on any atom is 0.279 e. The van der Waals surface area contributed by atoms with Crippen molar-refractivity contribution >= 4 is 33.2 Å². The number of hydrogen-bond acceptors (Lipinski definition) is 4. The maximum atomic E-state index is 12.0. The molecule has 0 aliphatic rings. The lowest BCUT2D eigenvalue weighted by atomic mass is 10.3. The number of ether oxygens (including phenoxy) is 1. The van der Waals surface area contributed by atoms with E-state index in [0.29, 0.717) is 18.8 Å². The van der Waals surface area contributed by atoms with Gasteiger partial charge in [0.2, 0.25) is 0 Å². The molecule has 7 nitrogen and oxygen atoms in total. The van der Waals surface area contributed by atoms with Crippen molar-refractivity contribution in [2.24, 2.45) is 0 Å². The lowest BCUT2D eigenvalue weighted by Crippen LogP contribution is -3.10. The number of likely N-dealkylation sites (N-methyl/N-ethyl adjacent to an activating group) is 1. The Labute approximate surface area is 153 Å². The number of nitrogens with one attached hydrogen (secondary N) is 2. The van der Waals surface area contributed by atoms with E-state index in [4.69, 9.17) is 4.74 Å². The van der Waals surface area contributed by atoms with Crippen molar-refractivity contribution in [3.63, 3.8) is 0 Å². The molecule has 0 aliphatic heterocycles. The highest BCUT2D eigenvalue weighted by molar-refractivity contribution is 9.10. The molecule has 25 heavy (non-hydrogen) atoms. The number of nitro groups is 1. The van der Waals surface area contributed by atoms with E-state index in [9.17, 15) is 14.9 Å². The summed E-state index contributed by atoms with van der Waals surface area (Å²) >= 11 is 3.36. The van der Waals surface area contributed by atoms with Gasteiger partial charge in [0.1, 0.15) is 18.9 Å². The molecule has 1 unspecified atom stereocenters. The SMILES string of the molecule is C[NH+](CCOc1ccc(Br)cc1)CC(=O)Nc1cccc([N+](=O)[O-])c1. The lowest BCUT2D eigenvalue weighted by Gasteiger charge is -2.14. The van der Waals surface area contributed by atoms with Crippen molar-refractivity contribution in [2.75, 3.05) is 32.1 Å². The average molecular weight is 409 g/mol. The molecule has 2 aromatic rings. The monoisotopic (exact) mass is 408 g/mol. The van der Waals surface area contributed by atoms with Gasteiger partial charge in [-0.15, -0.1) is 0 Å². The number of hydrogen-bond donors (Lipinski definition) is 2. The summed E-state index contributed by atoms with van der Waals surface area (Å²) in [4.78, 5) is 23.2. The minimum atomic E-state index is -0.494. The standard InChI is InChI=1S/C17H18BrN3O4/c1-20(9-10-25-16-7-5-13(18)6-8-16)12-17(22)19-14-3-2-4-15(11-14)21(23)24/h2-8,11H,9-10,12H2,1H3,(H,19,22)/p+1. The van der Waals surface area contributed by atoms with Crippen LogP contribution in [0.25, 0.3) is 0 Å². The zero-order valence-corrected chi connectivity index (χ0v) is 15.3. The molecule has 0 aromatic heterocycles. The van der Waals surface area contributed by atoms with Gasteiger partial charge in [-0.25, -0.2) is 0 Å². The van der Waals surface area contributed by atoms with E-state index in [2.05, 4.69) is 21.2 Å². The zero-order chi connectivity index (χ0) is 18.2. The Morgan fingerprint density at radius 2 is 2.00 bits per heavy atom. The van der Waals surface area contributed by atoms with Gasteiger partial charge in [-0.1, -0.05) is 22.0 Å². The molecule has 0 saturated heterocycles. The van der Waals surface area contributed by atoms with Crippen molar-refractivity contribution in [1.82, 2.24) is 0 Å². The van der Waals surface area contributed by atoms with Crippen LogP contribution in [0.3, 0.4) is 0 Å². The number of benzene rings is 2. The van der Waals surface area contributed by atoms with Crippen molar-refractivity contribution in [3.8, 4) is 5.75 Å². The van der Waals surface area contributed by atoms with E-state index in [-0.39, 0.29) is 18.1 Å². The largest absolute Gasteiger partial charge is 0.488 e. The van der Waals surface area contributed by atoms with Crippen LogP contribution in [-0.4, -0.2) is 37.6 Å². The van der Waals surface area contributed by atoms with Gasteiger partial charge in [-0.2, -0.15) is 0 Å². The molecule has 2 rings (SSSR count). The normalized spacial score (nSPS) is 11.6. The number of carbonyl (C=O) groups is 1. The van der Waals surface area contributed by atoms with Gasteiger partial charge >= 0.3 is 0 Å². The molecule has 0 radical (unpaired) electrons. The minimum absolute atomic E-state index is 0.0543. The van der Waals surface area contributed by atoms with Crippen molar-refractivity contribution in [3.05, 3.63) is 63.1 Å². The number of anilines is 1. The van der Waals surface area contributed by atoms with Crippen LogP contribution in [0.15, 0.2) is 53.0 Å². The van der Waals surface area contributed by atoms with E-state index < -0.39 is 4.92 Å². The predicted molar refractivity (Wildman–Crippen MR) is 98.0 cm³/mol. The molecule has 1 atom stereocenters. The molecule has 0 saturated carbocycles. The van der Waals surface area contributed by atoms with Gasteiger partial charge in [-0.05, 0) is 30.3 Å². The quantitative estimate of drug-likeness (QED) is 0.515. The highest BCUT2D eigenvalue weighted by Gasteiger charge is 2.12. The molecule has 2 aromatic carbocycles. The number of amides is 1. The summed E-state index contributed by atoms with van der Waals surface area (Å²) in [6, 6.07) is 13.4. The Kier molecular flexibility index (Phi) is 6.91. The van der Waals surface area contributed by atoms with E-state index in [0.717, 1.165) is 15.1 Å². The molecule has 0 aliphatic carbocycles. The first-order valence-electron chi connectivity index (χ1n) is 7.68. The van der Waals surface area contributed by atoms with E-state index in [1.165, 1.54) is 18.2 Å². The fourth-order valence-electron chi connectivity index (χ4n) is 2.14. The second-order valence-corrected chi connectivity index (χ2v) is 6.46. The Morgan fingerprint density at radius 1 is 1.28 bits per heavy atom. The summed E-state index contributed by atoms with van der Waals surface area (Å²) in [5.41, 5.74) is 0.361. The third-order valence-corrected chi connectivity index (χ3v) is 3.94. The summed E-state index contributed by atoms with van der Waals surface area (Å²) < 4.78 is 6.61. The van der Waals surface area contributed by atoms with Crippen LogP contribution in [0.5, 0.6) is 5.75 Å². The van der Waals surface area contributed by atoms with Crippen LogP contribution in [0, 0.1) is 10.1 Å². The lowest BCUT2D eigenvalue weighted by molar-refractivity contribution is -0.871. The second kappa shape index (κ2) is 9.14. The van der Waals surface area contributed by atoms with Crippen molar-refractivity contribution in [1.29, 1.82) is 0 Å². The number of nitrogens with zero attached hydrogens (tertiary/aromatic N) is 1. The van der Waals surface area contributed by atoms with Crippen LogP contribution in [0.1, 0.15) is 0 Å². The van der Waals surface area contributed by atoms with Gasteiger partial charge in [0.05, 0.1) is 12.0 Å². The molecule has 0 fully saturated rings. The van der Waals surface area contributed by atoms with Crippen LogP contribution in [0.2, 0.25) is 0 Å². The van der Waals surface area contributed by atoms with Crippen LogP contribution >= 0.6 is 15.9 Å². The maximum absolute atomic E-state index is 12.0. The topological polar surface area (TPSA) is 85.9 Å². The predicted octanol–water partition coefficient (Wildman–Crippen LogP) is 1.89. The second-order valence-electron chi connectivity index (χ2n) is 5.54. The highest BCUT2D eigenvalue weighted by Crippen LogP contribution is 2.17. The fraction of sp³-hybridized carbons (Fsp3) is 0.235. The van der Waals surface area contributed by atoms with Gasteiger partial charge < -0.3 is 15.0 Å². The third-order valence-electron chi connectivity index (χ3n) is 3.41. The van der Waals surface area contributed by atoms with Gasteiger partial charge in [-0.3, -0.25) is 14.9 Å². The fourth-order valence-corrected chi connectivity index (χ4v) is 2.40. The molecule has 0 spiro atoms. The first-order chi connectivity index (χ1) is 11.9. The minimum Gasteiger partial charge on any atom is -0.488 e. The third kappa shape index (κ3) is 6.52. The van der Waals surface area contributed by atoms with Gasteiger partial charge in [0, 0.05) is 22.3 Å². The summed E-state index contributed by atoms with van der Waals surface area (Å²) in [5, 5.41) is 13.4. The van der Waals surface area contributed by atoms with Crippen LogP contribution in [0.4, 0.5) is 11.4 Å².